The molecule has 14 aromatic carbocycles. The summed E-state index contributed by atoms with van der Waals surface area (Å²) < 4.78 is 2.63. The fraction of sp³-hybridized carbons (Fsp3) is 0.0500. The highest BCUT2D eigenvalue weighted by atomic mass is 32.1. The molecule has 15 aromatic rings. The van der Waals surface area contributed by atoms with E-state index in [9.17, 15) is 0 Å². The lowest BCUT2D eigenvalue weighted by Crippen LogP contribution is -2.26. The molecule has 0 fully saturated rings. The van der Waals surface area contributed by atoms with E-state index in [4.69, 9.17) is 0 Å². The van der Waals surface area contributed by atoms with Gasteiger partial charge in [0.15, 0.2) is 0 Å². The van der Waals surface area contributed by atoms with Crippen LogP contribution in [0.25, 0.3) is 119 Å². The van der Waals surface area contributed by atoms with Gasteiger partial charge in [0.2, 0.25) is 0 Å². The van der Waals surface area contributed by atoms with Gasteiger partial charge in [-0.3, -0.25) is 0 Å². The van der Waals surface area contributed by atoms with Crippen molar-refractivity contribution in [2.24, 2.45) is 0 Å². The molecule has 2 heteroatoms. The molecule has 0 saturated carbocycles. The van der Waals surface area contributed by atoms with E-state index in [1.54, 1.807) is 0 Å². The van der Waals surface area contributed by atoms with Crippen LogP contribution in [0.5, 0.6) is 0 Å². The number of nitrogens with zero attached hydrogens (tertiary/aromatic N) is 1. The van der Waals surface area contributed by atoms with Crippen molar-refractivity contribution in [1.82, 2.24) is 0 Å². The van der Waals surface area contributed by atoms with Gasteiger partial charge in [0.25, 0.3) is 0 Å². The molecule has 0 aliphatic heterocycles. The van der Waals surface area contributed by atoms with Crippen molar-refractivity contribution in [1.29, 1.82) is 0 Å². The van der Waals surface area contributed by atoms with Crippen LogP contribution in [0.4, 0.5) is 17.1 Å². The van der Waals surface area contributed by atoms with Gasteiger partial charge in [-0.05, 0) is 164 Å². The lowest BCUT2D eigenvalue weighted by Gasteiger charge is -2.33. The lowest BCUT2D eigenvalue weighted by atomic mass is 9.70. The molecule has 0 saturated heterocycles. The zero-order valence-corrected chi connectivity index (χ0v) is 46.2. The van der Waals surface area contributed by atoms with Crippen LogP contribution in [0.2, 0.25) is 0 Å². The first-order chi connectivity index (χ1) is 40.4. The van der Waals surface area contributed by atoms with Crippen LogP contribution in [0.15, 0.2) is 273 Å². The molecule has 1 heterocycles. The van der Waals surface area contributed by atoms with Crippen LogP contribution in [-0.4, -0.2) is 0 Å². The third-order valence-electron chi connectivity index (χ3n) is 19.0. The normalized spacial score (nSPS) is 13.9. The Morgan fingerprint density at radius 1 is 0.305 bits per heavy atom. The molecule has 0 amide bonds. The molecule has 1 spiro atoms. The van der Waals surface area contributed by atoms with Crippen LogP contribution in [-0.2, 0) is 10.8 Å². The number of thiophene rings is 1. The SMILES string of the molecule is CC1(C)c2ccccc2-c2cc(N(c3ccc4c(c3)C3(c5ccccc5-c5ccccc53)c3ccccc3-4)c3ccc4c5ccccc5c5ccccc5c4c3-c3ccc4c(ccc5c4sc4cccc(-c6ccccc6)c45)c3)ccc21. The van der Waals surface area contributed by atoms with Crippen LogP contribution in [0.3, 0.4) is 0 Å². The van der Waals surface area contributed by atoms with Gasteiger partial charge in [0.05, 0.1) is 11.1 Å². The Hall–Kier alpha value is -9.86. The largest absolute Gasteiger partial charge is 0.310 e. The topological polar surface area (TPSA) is 3.24 Å². The molecule has 3 aliphatic rings. The van der Waals surface area contributed by atoms with E-state index in [0.29, 0.717) is 0 Å². The summed E-state index contributed by atoms with van der Waals surface area (Å²) in [5.74, 6) is 0. The summed E-state index contributed by atoms with van der Waals surface area (Å²) in [4.78, 5) is 2.61. The fourth-order valence-electron chi connectivity index (χ4n) is 15.6. The van der Waals surface area contributed by atoms with Crippen LogP contribution < -0.4 is 4.90 Å². The standard InChI is InChI=1S/C80H51NS/c1-79(2)67-30-14-10-27-61(67)66-46-51(38-43-68(66)79)81(52-37-41-62-60-26-13-17-33-71(60)80(72(62)47-52)69-31-15-11-24-58(69)59-25-12-16-32-70(59)80)73-44-42-64-57-23-7-6-21-55(57)56-22-8-9-28-63(56)77(64)75(73)50-36-39-54-49(45-50)35-40-65-76-53(48-19-4-3-5-20-48)29-18-34-74(76)82-78(54)65/h3-47H,1-2H3. The molecule has 1 aromatic heterocycles. The summed E-state index contributed by atoms with van der Waals surface area (Å²) in [5, 5.41) is 12.6. The molecule has 0 N–H and O–H groups in total. The Morgan fingerprint density at radius 3 is 1.51 bits per heavy atom. The first kappa shape index (κ1) is 45.9. The van der Waals surface area contributed by atoms with Crippen molar-refractivity contribution in [2.75, 3.05) is 4.90 Å². The first-order valence-corrected chi connectivity index (χ1v) is 29.5. The Morgan fingerprint density at radius 2 is 0.817 bits per heavy atom. The third-order valence-corrected chi connectivity index (χ3v) is 20.2. The monoisotopic (exact) mass is 1060 g/mol. The lowest BCUT2D eigenvalue weighted by molar-refractivity contribution is 0.660. The van der Waals surface area contributed by atoms with Gasteiger partial charge in [0, 0.05) is 47.9 Å². The summed E-state index contributed by atoms with van der Waals surface area (Å²) in [6.07, 6.45) is 0. The number of hydrogen-bond acceptors (Lipinski definition) is 2. The second-order valence-corrected chi connectivity index (χ2v) is 24.4. The molecular formula is C80H51NS. The molecule has 82 heavy (non-hydrogen) atoms. The van der Waals surface area contributed by atoms with Crippen molar-refractivity contribution in [2.45, 2.75) is 24.7 Å². The smallest absolute Gasteiger partial charge is 0.0726 e. The summed E-state index contributed by atoms with van der Waals surface area (Å²) in [7, 11) is 0. The van der Waals surface area contributed by atoms with E-state index in [1.165, 1.54) is 152 Å². The highest BCUT2D eigenvalue weighted by Gasteiger charge is 2.52. The fourth-order valence-corrected chi connectivity index (χ4v) is 16.8. The minimum Gasteiger partial charge on any atom is -0.310 e. The molecule has 3 aliphatic carbocycles. The van der Waals surface area contributed by atoms with Crippen molar-refractivity contribution >= 4 is 91.7 Å². The first-order valence-electron chi connectivity index (χ1n) is 28.7. The molecular weight excluding hydrogens is 1010 g/mol. The number of rotatable bonds is 5. The predicted octanol–water partition coefficient (Wildman–Crippen LogP) is 22.1. The minimum atomic E-state index is -0.513. The predicted molar refractivity (Wildman–Crippen MR) is 349 cm³/mol. The molecule has 0 radical (unpaired) electrons. The number of fused-ring (bicyclic) bond motifs is 24. The maximum atomic E-state index is 2.61. The number of benzene rings is 14. The second kappa shape index (κ2) is 16.8. The van der Waals surface area contributed by atoms with Gasteiger partial charge in [-0.1, -0.05) is 244 Å². The van der Waals surface area contributed by atoms with Gasteiger partial charge in [0.1, 0.15) is 0 Å². The maximum Gasteiger partial charge on any atom is 0.0726 e. The van der Waals surface area contributed by atoms with E-state index in [-0.39, 0.29) is 5.41 Å². The minimum absolute atomic E-state index is 0.146. The zero-order chi connectivity index (χ0) is 54.0. The molecule has 18 rings (SSSR count). The van der Waals surface area contributed by atoms with Gasteiger partial charge >= 0.3 is 0 Å². The van der Waals surface area contributed by atoms with Crippen molar-refractivity contribution in [3.8, 4) is 55.6 Å². The molecule has 0 bridgehead atoms. The molecule has 1 nitrogen and oxygen atoms in total. The Bertz CT molecular complexity index is 5170. The van der Waals surface area contributed by atoms with Crippen molar-refractivity contribution in [3.63, 3.8) is 0 Å². The van der Waals surface area contributed by atoms with E-state index in [0.717, 1.165) is 17.1 Å². The summed E-state index contributed by atoms with van der Waals surface area (Å²) in [6.45, 7) is 4.77. The van der Waals surface area contributed by atoms with Crippen LogP contribution >= 0.6 is 11.3 Å². The maximum absolute atomic E-state index is 2.61. The van der Waals surface area contributed by atoms with E-state index in [2.05, 4.69) is 292 Å². The van der Waals surface area contributed by atoms with Crippen LogP contribution in [0, 0.1) is 0 Å². The summed E-state index contributed by atoms with van der Waals surface area (Å²) in [6, 6.07) is 104. The second-order valence-electron chi connectivity index (χ2n) is 23.4. The number of hydrogen-bond donors (Lipinski definition) is 0. The quantitative estimate of drug-likeness (QED) is 0.155. The third kappa shape index (κ3) is 6.06. The van der Waals surface area contributed by atoms with Gasteiger partial charge in [-0.15, -0.1) is 11.3 Å². The van der Waals surface area contributed by atoms with Gasteiger partial charge < -0.3 is 4.90 Å². The molecule has 382 valence electrons. The molecule has 0 atom stereocenters. The average Bonchev–Trinajstić information content (AvgIpc) is 4.36. The zero-order valence-electron chi connectivity index (χ0n) is 45.3. The molecule has 0 unspecified atom stereocenters. The number of anilines is 3. The van der Waals surface area contributed by atoms with Crippen molar-refractivity contribution in [3.05, 3.63) is 306 Å². The van der Waals surface area contributed by atoms with E-state index in [1.807, 2.05) is 11.3 Å². The Balaban J connectivity index is 0.950. The van der Waals surface area contributed by atoms with Gasteiger partial charge in [-0.2, -0.15) is 0 Å². The van der Waals surface area contributed by atoms with Gasteiger partial charge in [-0.25, -0.2) is 0 Å². The highest BCUT2D eigenvalue weighted by Crippen LogP contribution is 2.64. The van der Waals surface area contributed by atoms with Crippen molar-refractivity contribution < 1.29 is 0 Å². The van der Waals surface area contributed by atoms with E-state index >= 15 is 0 Å². The Kier molecular flexibility index (Phi) is 9.44. The summed E-state index contributed by atoms with van der Waals surface area (Å²) >= 11 is 1.91. The van der Waals surface area contributed by atoms with Crippen LogP contribution in [0.1, 0.15) is 47.2 Å². The highest BCUT2D eigenvalue weighted by molar-refractivity contribution is 7.26. The summed E-state index contributed by atoms with van der Waals surface area (Å²) in [5.41, 5.74) is 23.5. The van der Waals surface area contributed by atoms with E-state index < -0.39 is 5.41 Å². The average molecular weight is 1060 g/mol. The Labute approximate surface area is 480 Å².